The van der Waals surface area contributed by atoms with Crippen molar-refractivity contribution in [3.8, 4) is 0 Å². The number of carbonyl (C=O) groups is 1. The molecule has 30 heavy (non-hydrogen) atoms. The molecule has 0 aliphatic rings. The van der Waals surface area contributed by atoms with Gasteiger partial charge in [-0.05, 0) is 35.9 Å². The molecule has 0 heterocycles. The number of hydrogen-bond donors (Lipinski definition) is 1. The molecule has 1 N–H and O–H groups in total. The van der Waals surface area contributed by atoms with Gasteiger partial charge in [0.25, 0.3) is 0 Å². The number of hydrogen-bond acceptors (Lipinski definition) is 1. The smallest absolute Gasteiger partial charge is 0.240 e. The van der Waals surface area contributed by atoms with Crippen molar-refractivity contribution in [1.29, 1.82) is 0 Å². The number of benzene rings is 3. The van der Waals surface area contributed by atoms with Crippen molar-refractivity contribution < 1.29 is 44.7 Å². The van der Waals surface area contributed by atoms with E-state index in [-0.39, 0.29) is 42.2 Å². The Morgan fingerprint density at radius 1 is 0.933 bits per heavy atom. The topological polar surface area (TPSA) is 29.1 Å². The molecule has 0 bridgehead atoms. The monoisotopic (exact) mass is 646 g/mol. The van der Waals surface area contributed by atoms with E-state index in [1.165, 1.54) is 18.7 Å². The van der Waals surface area contributed by atoms with Crippen LogP contribution < -0.4 is 5.32 Å². The van der Waals surface area contributed by atoms with Crippen molar-refractivity contribution in [3.63, 3.8) is 0 Å². The van der Waals surface area contributed by atoms with Gasteiger partial charge in [0.2, 0.25) is 5.91 Å². The third-order valence-corrected chi connectivity index (χ3v) is 4.30. The standard InChI is InChI=1S/C24H17ClF2NO.U/c25-19-10-8-18(9-11-19)15-22(21-13-12-20(26)16-23(21)27)24(29)28-14-4-7-17-5-2-1-3-6-17;/h1-16H,(H,28,29);/q-1;/b7-4+,22-15+;. The van der Waals surface area contributed by atoms with Gasteiger partial charge >= 0.3 is 0 Å². The van der Waals surface area contributed by atoms with Gasteiger partial charge in [0.05, 0.1) is 0 Å². The summed E-state index contributed by atoms with van der Waals surface area (Å²) in [6, 6.07) is 19.4. The predicted molar refractivity (Wildman–Crippen MR) is 114 cm³/mol. The van der Waals surface area contributed by atoms with E-state index < -0.39 is 17.5 Å². The van der Waals surface area contributed by atoms with Gasteiger partial charge in [0, 0.05) is 53.3 Å². The van der Waals surface area contributed by atoms with E-state index in [0.29, 0.717) is 10.6 Å². The van der Waals surface area contributed by atoms with E-state index in [9.17, 15) is 13.6 Å². The van der Waals surface area contributed by atoms with Gasteiger partial charge in [0.15, 0.2) is 0 Å². The second-order valence-electron chi connectivity index (χ2n) is 6.14. The second-order valence-corrected chi connectivity index (χ2v) is 6.58. The first-order valence-corrected chi connectivity index (χ1v) is 9.19. The van der Waals surface area contributed by atoms with E-state index in [1.807, 2.05) is 36.4 Å². The molecule has 6 heteroatoms. The van der Waals surface area contributed by atoms with Crippen LogP contribution in [0.25, 0.3) is 17.7 Å². The molecular weight excluding hydrogens is 630 g/mol. The minimum absolute atomic E-state index is 0. The summed E-state index contributed by atoms with van der Waals surface area (Å²) in [7, 11) is 0. The number of rotatable bonds is 6. The first-order chi connectivity index (χ1) is 14.0. The zero-order valence-corrected chi connectivity index (χ0v) is 20.7. The normalized spacial score (nSPS) is 11.1. The predicted octanol–water partition coefficient (Wildman–Crippen LogP) is 6.15. The van der Waals surface area contributed by atoms with Crippen LogP contribution in [0.4, 0.5) is 8.78 Å². The summed E-state index contributed by atoms with van der Waals surface area (Å²) in [6.07, 6.45) is 5.02. The summed E-state index contributed by atoms with van der Waals surface area (Å²) in [5, 5.41) is 3.16. The molecular formula is C24H17ClF2NOU-. The number of carbonyl (C=O) groups excluding carboxylic acids is 1. The first kappa shape index (κ1) is 24.0. The number of nitrogens with one attached hydrogen (secondary N) is 1. The molecule has 0 atom stereocenters. The fourth-order valence-electron chi connectivity index (χ4n) is 2.62. The van der Waals surface area contributed by atoms with E-state index in [1.54, 1.807) is 30.3 Å². The molecule has 150 valence electrons. The third-order valence-electron chi connectivity index (χ3n) is 4.05. The average molecular weight is 647 g/mol. The Balaban J connectivity index is 0.00000320. The largest absolute Gasteiger partial charge is 0.407 e. The molecule has 3 rings (SSSR count). The molecule has 3 aromatic carbocycles. The van der Waals surface area contributed by atoms with Crippen LogP contribution in [0.2, 0.25) is 5.02 Å². The third kappa shape index (κ3) is 6.88. The quantitative estimate of drug-likeness (QED) is 0.194. The molecule has 1 amide bonds. The Hall–Kier alpha value is -2.32. The van der Waals surface area contributed by atoms with Crippen LogP contribution in [-0.2, 0) is 4.79 Å². The van der Waals surface area contributed by atoms with Gasteiger partial charge in [-0.1, -0.05) is 54.1 Å². The average Bonchev–Trinajstić information content (AvgIpc) is 2.72. The first-order valence-electron chi connectivity index (χ1n) is 8.81. The fraction of sp³-hybridized carbons (Fsp3) is 0. The van der Waals surface area contributed by atoms with Gasteiger partial charge in [-0.15, -0.1) is 12.1 Å². The van der Waals surface area contributed by atoms with Gasteiger partial charge in [-0.2, -0.15) is 0 Å². The van der Waals surface area contributed by atoms with Crippen LogP contribution in [0.3, 0.4) is 0 Å². The molecule has 0 aliphatic heterocycles. The van der Waals surface area contributed by atoms with E-state index in [4.69, 9.17) is 11.6 Å². The van der Waals surface area contributed by atoms with Crippen LogP contribution in [0.1, 0.15) is 16.7 Å². The molecule has 2 nitrogen and oxygen atoms in total. The van der Waals surface area contributed by atoms with Gasteiger partial charge in [-0.3, -0.25) is 4.79 Å². The van der Waals surface area contributed by atoms with Crippen molar-refractivity contribution >= 4 is 35.2 Å². The molecule has 0 unspecified atom stereocenters. The van der Waals surface area contributed by atoms with Gasteiger partial charge in [-0.25, -0.2) is 20.9 Å². The Morgan fingerprint density at radius 3 is 2.30 bits per heavy atom. The maximum atomic E-state index is 14.3. The van der Waals surface area contributed by atoms with E-state index in [2.05, 4.69) is 5.32 Å². The number of amides is 1. The molecule has 0 saturated carbocycles. The van der Waals surface area contributed by atoms with Crippen LogP contribution >= 0.6 is 11.6 Å². The van der Waals surface area contributed by atoms with Crippen molar-refractivity contribution in [2.45, 2.75) is 0 Å². The second kappa shape index (κ2) is 11.8. The molecule has 0 saturated heterocycles. The maximum absolute atomic E-state index is 14.3. The Bertz CT molecular complexity index is 1050. The minimum atomic E-state index is -0.819. The van der Waals surface area contributed by atoms with Crippen LogP contribution in [0.5, 0.6) is 0 Å². The molecule has 0 radical (unpaired) electrons. The van der Waals surface area contributed by atoms with E-state index in [0.717, 1.165) is 17.7 Å². The zero-order chi connectivity index (χ0) is 20.6. The fourth-order valence-corrected chi connectivity index (χ4v) is 2.75. The minimum Gasteiger partial charge on any atom is -0.407 e. The van der Waals surface area contributed by atoms with Crippen LogP contribution in [0, 0.1) is 49.3 Å². The summed E-state index contributed by atoms with van der Waals surface area (Å²) in [4.78, 5) is 12.7. The Morgan fingerprint density at radius 2 is 1.63 bits per heavy atom. The SMILES string of the molecule is O=C(N[CH-]/C=C/c1ccccc1)/C(=C/c1ccc(Cl)cc1)c1ccc(F)cc1F.[U]. The summed E-state index contributed by atoms with van der Waals surface area (Å²) in [6.45, 7) is 1.46. The number of halogens is 3. The summed E-state index contributed by atoms with van der Waals surface area (Å²) >= 11 is 5.89. The van der Waals surface area contributed by atoms with Crippen molar-refractivity contribution in [3.05, 3.63) is 119 Å². The molecule has 3 aromatic rings. The Kier molecular flexibility index (Phi) is 9.39. The zero-order valence-electron chi connectivity index (χ0n) is 15.8. The summed E-state index contributed by atoms with van der Waals surface area (Å²) < 4.78 is 27.6. The maximum Gasteiger partial charge on any atom is 0.240 e. The van der Waals surface area contributed by atoms with Gasteiger partial charge < -0.3 is 5.32 Å². The summed E-state index contributed by atoms with van der Waals surface area (Å²) in [5.74, 6) is -2.06. The molecule has 0 aromatic heterocycles. The molecule has 0 fully saturated rings. The van der Waals surface area contributed by atoms with Crippen LogP contribution in [-0.4, -0.2) is 5.91 Å². The van der Waals surface area contributed by atoms with E-state index >= 15 is 0 Å². The van der Waals surface area contributed by atoms with Gasteiger partial charge in [0.1, 0.15) is 11.6 Å². The molecule has 0 spiro atoms. The Labute approximate surface area is 203 Å². The van der Waals surface area contributed by atoms with Crippen LogP contribution in [0.15, 0.2) is 78.9 Å². The van der Waals surface area contributed by atoms with Crippen molar-refractivity contribution in [2.24, 2.45) is 0 Å². The summed E-state index contributed by atoms with van der Waals surface area (Å²) in [5.41, 5.74) is 1.69. The van der Waals surface area contributed by atoms with Crippen molar-refractivity contribution in [2.75, 3.05) is 0 Å². The molecule has 0 aliphatic carbocycles. The van der Waals surface area contributed by atoms with Crippen molar-refractivity contribution in [1.82, 2.24) is 5.32 Å².